The first kappa shape index (κ1) is 26.1. The van der Waals surface area contributed by atoms with E-state index in [2.05, 4.69) is 53.7 Å². The molecule has 0 aliphatic carbocycles. The summed E-state index contributed by atoms with van der Waals surface area (Å²) < 4.78 is 10.6. The van der Waals surface area contributed by atoms with Crippen LogP contribution in [0.3, 0.4) is 0 Å². The minimum absolute atomic E-state index is 0.417. The molecule has 1 aromatic rings. The van der Waals surface area contributed by atoms with Crippen LogP contribution in [0.25, 0.3) is 0 Å². The number of nitrogens with zero attached hydrogens (tertiary/aromatic N) is 1. The summed E-state index contributed by atoms with van der Waals surface area (Å²) in [6.45, 7) is 17.5. The van der Waals surface area contributed by atoms with Gasteiger partial charge in [-0.3, -0.25) is 0 Å². The van der Waals surface area contributed by atoms with Crippen molar-refractivity contribution in [3.8, 4) is 0 Å². The van der Waals surface area contributed by atoms with Crippen LogP contribution in [0.2, 0.25) is 0 Å². The van der Waals surface area contributed by atoms with E-state index in [1.54, 1.807) is 0 Å². The van der Waals surface area contributed by atoms with Crippen molar-refractivity contribution in [1.29, 1.82) is 0 Å². The maximum absolute atomic E-state index is 10.6. The fraction of sp³-hybridized carbons (Fsp3) is 0.391. The van der Waals surface area contributed by atoms with Crippen LogP contribution in [0.15, 0.2) is 79.7 Å². The van der Waals surface area contributed by atoms with Crippen molar-refractivity contribution in [2.24, 2.45) is 0 Å². The third kappa shape index (κ3) is 14.2. The number of hydrogen-bond donors (Lipinski definition) is 1. The minimum atomic E-state index is -0.417. The van der Waals surface area contributed by atoms with E-state index in [1.165, 1.54) is 17.3 Å². The lowest BCUT2D eigenvalue weighted by atomic mass is 10.1. The van der Waals surface area contributed by atoms with Gasteiger partial charge in [-0.15, -0.1) is 6.58 Å². The van der Waals surface area contributed by atoms with Crippen molar-refractivity contribution in [1.82, 2.24) is 10.2 Å². The van der Waals surface area contributed by atoms with Gasteiger partial charge in [0.25, 0.3) is 0 Å². The van der Waals surface area contributed by atoms with Crippen LogP contribution >= 0.6 is 0 Å². The van der Waals surface area contributed by atoms with Crippen molar-refractivity contribution >= 4 is 0 Å². The van der Waals surface area contributed by atoms with E-state index < -0.39 is 6.67 Å². The summed E-state index contributed by atoms with van der Waals surface area (Å²) in [4.78, 5) is 2.23. The van der Waals surface area contributed by atoms with Gasteiger partial charge in [-0.1, -0.05) is 75.1 Å². The van der Waals surface area contributed by atoms with Gasteiger partial charge in [0, 0.05) is 25.3 Å². The Morgan fingerprint density at radius 2 is 1.69 bits per heavy atom. The van der Waals surface area contributed by atoms with Crippen LogP contribution in [-0.4, -0.2) is 24.7 Å². The highest BCUT2D eigenvalue weighted by atomic mass is 19.1. The molecule has 0 amide bonds. The summed E-state index contributed by atoms with van der Waals surface area (Å²) >= 11 is 0. The first-order chi connectivity index (χ1) is 12.7. The zero-order valence-electron chi connectivity index (χ0n) is 17.0. The molecule has 1 heterocycles. The van der Waals surface area contributed by atoms with E-state index in [1.807, 2.05) is 52.1 Å². The van der Waals surface area contributed by atoms with Crippen LogP contribution in [0, 0.1) is 0 Å². The molecule has 3 heteroatoms. The van der Waals surface area contributed by atoms with Gasteiger partial charge in [0.1, 0.15) is 6.67 Å². The number of halogens is 1. The second kappa shape index (κ2) is 20.9. The maximum atomic E-state index is 10.6. The van der Waals surface area contributed by atoms with Gasteiger partial charge in [0.15, 0.2) is 0 Å². The van der Waals surface area contributed by atoms with Gasteiger partial charge in [-0.25, -0.2) is 4.39 Å². The molecule has 0 fully saturated rings. The summed E-state index contributed by atoms with van der Waals surface area (Å²) in [5.41, 5.74) is 2.69. The Morgan fingerprint density at radius 3 is 2.08 bits per heavy atom. The molecule has 0 saturated heterocycles. The number of nitrogens with one attached hydrogen (secondary N) is 1. The van der Waals surface area contributed by atoms with Gasteiger partial charge < -0.3 is 10.2 Å². The monoisotopic (exact) mass is 360 g/mol. The molecule has 26 heavy (non-hydrogen) atoms. The van der Waals surface area contributed by atoms with E-state index >= 15 is 0 Å². The molecule has 2 rings (SSSR count). The molecule has 146 valence electrons. The quantitative estimate of drug-likeness (QED) is 0.623. The maximum Gasteiger partial charge on any atom is 0.107 e. The average Bonchev–Trinajstić information content (AvgIpc) is 2.75. The molecular weight excluding hydrogens is 323 g/mol. The predicted molar refractivity (Wildman–Crippen MR) is 116 cm³/mol. The standard InChI is InChI=1S/C14H18N2.C4H8.C3H5F.C2H6/c1-2-16(14-8-10-15-11-9-14)12-13-6-4-3-5-7-13;1-3-4-2;1-2-3-4;1-2/h2-8,15H,1,9-12H2;3-4H,1-2H3;2H,1,3H2;1-2H3/b;4-3+;;. The summed E-state index contributed by atoms with van der Waals surface area (Å²) in [5.74, 6) is 0. The lowest BCUT2D eigenvalue weighted by Crippen LogP contribution is -2.27. The fourth-order valence-electron chi connectivity index (χ4n) is 1.93. The molecule has 0 spiro atoms. The zero-order chi connectivity index (χ0) is 20.0. The van der Waals surface area contributed by atoms with Crippen molar-refractivity contribution in [3.63, 3.8) is 0 Å². The van der Waals surface area contributed by atoms with E-state index in [0.717, 1.165) is 26.1 Å². The van der Waals surface area contributed by atoms with E-state index in [0.29, 0.717) is 0 Å². The Hall–Kier alpha value is -2.13. The smallest absolute Gasteiger partial charge is 0.107 e. The molecule has 1 aliphatic heterocycles. The van der Waals surface area contributed by atoms with Gasteiger partial charge in [-0.2, -0.15) is 0 Å². The molecule has 0 saturated carbocycles. The lowest BCUT2D eigenvalue weighted by Gasteiger charge is -2.26. The minimum Gasteiger partial charge on any atom is -0.348 e. The average molecular weight is 361 g/mol. The van der Waals surface area contributed by atoms with Crippen molar-refractivity contribution in [2.45, 2.75) is 40.7 Å². The molecule has 0 aromatic heterocycles. The molecule has 1 aromatic carbocycles. The van der Waals surface area contributed by atoms with E-state index in [-0.39, 0.29) is 0 Å². The SMILES string of the molecule is C/C=C/C.C=CCF.C=CN(Cc1ccccc1)C1=CCNCC1.CC. The molecule has 2 nitrogen and oxygen atoms in total. The summed E-state index contributed by atoms with van der Waals surface area (Å²) in [6, 6.07) is 10.5. The Morgan fingerprint density at radius 1 is 1.12 bits per heavy atom. The van der Waals surface area contributed by atoms with Crippen LogP contribution in [0.1, 0.15) is 39.7 Å². The largest absolute Gasteiger partial charge is 0.348 e. The summed E-state index contributed by atoms with van der Waals surface area (Å²) in [6.07, 6.45) is 10.5. The first-order valence-electron chi connectivity index (χ1n) is 9.30. The van der Waals surface area contributed by atoms with E-state index in [9.17, 15) is 4.39 Å². The highest BCUT2D eigenvalue weighted by Crippen LogP contribution is 2.15. The van der Waals surface area contributed by atoms with Crippen LogP contribution in [0.5, 0.6) is 0 Å². The van der Waals surface area contributed by atoms with Crippen LogP contribution in [0.4, 0.5) is 4.39 Å². The zero-order valence-corrected chi connectivity index (χ0v) is 17.0. The van der Waals surface area contributed by atoms with Gasteiger partial charge in [0.05, 0.1) is 0 Å². The fourth-order valence-corrected chi connectivity index (χ4v) is 1.93. The molecule has 1 N–H and O–H groups in total. The third-order valence-electron chi connectivity index (χ3n) is 3.27. The Bertz CT molecular complexity index is 488. The lowest BCUT2D eigenvalue weighted by molar-refractivity contribution is 0.425. The number of alkyl halides is 1. The first-order valence-corrected chi connectivity index (χ1v) is 9.30. The summed E-state index contributed by atoms with van der Waals surface area (Å²) in [5, 5.41) is 3.32. The molecule has 0 unspecified atom stereocenters. The molecule has 0 bridgehead atoms. The Labute approximate surface area is 160 Å². The summed E-state index contributed by atoms with van der Waals surface area (Å²) in [7, 11) is 0. The van der Waals surface area contributed by atoms with E-state index in [4.69, 9.17) is 0 Å². The topological polar surface area (TPSA) is 15.3 Å². The number of benzene rings is 1. The highest BCUT2D eigenvalue weighted by Gasteiger charge is 2.09. The van der Waals surface area contributed by atoms with Crippen LogP contribution in [-0.2, 0) is 6.54 Å². The molecule has 0 atom stereocenters. The number of rotatable bonds is 5. The Balaban J connectivity index is 0. The normalized spacial score (nSPS) is 12.1. The highest BCUT2D eigenvalue weighted by molar-refractivity contribution is 5.18. The van der Waals surface area contributed by atoms with Crippen molar-refractivity contribution in [2.75, 3.05) is 19.8 Å². The molecule has 1 aliphatic rings. The van der Waals surface area contributed by atoms with Gasteiger partial charge >= 0.3 is 0 Å². The number of hydrogen-bond acceptors (Lipinski definition) is 2. The predicted octanol–water partition coefficient (Wildman–Crippen LogP) is 6.26. The molecular formula is C23H37FN2. The van der Waals surface area contributed by atoms with Crippen molar-refractivity contribution in [3.05, 3.63) is 85.3 Å². The molecule has 0 radical (unpaired) electrons. The van der Waals surface area contributed by atoms with Gasteiger partial charge in [0.2, 0.25) is 0 Å². The second-order valence-electron chi connectivity index (χ2n) is 5.06. The number of allylic oxidation sites excluding steroid dienone is 3. The van der Waals surface area contributed by atoms with Crippen LogP contribution < -0.4 is 5.32 Å². The van der Waals surface area contributed by atoms with Crippen molar-refractivity contribution < 1.29 is 4.39 Å². The second-order valence-corrected chi connectivity index (χ2v) is 5.06. The third-order valence-corrected chi connectivity index (χ3v) is 3.27. The van der Waals surface area contributed by atoms with Gasteiger partial charge in [-0.05, 0) is 32.0 Å². The Kier molecular flexibility index (Phi) is 21.0.